The smallest absolute Gasteiger partial charge is 0.353 e. The molecule has 22 heavy (non-hydrogen) atoms. The summed E-state index contributed by atoms with van der Waals surface area (Å²) in [7, 11) is -5.21. The van der Waals surface area contributed by atoms with E-state index in [0.29, 0.717) is 13.2 Å². The summed E-state index contributed by atoms with van der Waals surface area (Å²) >= 11 is 0. The van der Waals surface area contributed by atoms with Gasteiger partial charge in [-0.2, -0.15) is 0 Å². The van der Waals surface area contributed by atoms with Crippen LogP contribution in [0, 0.1) is 11.3 Å². The van der Waals surface area contributed by atoms with Gasteiger partial charge in [0.25, 0.3) is 0 Å². The van der Waals surface area contributed by atoms with Crippen molar-refractivity contribution in [2.75, 3.05) is 13.2 Å². The van der Waals surface area contributed by atoms with Gasteiger partial charge in [0.15, 0.2) is 0 Å². The molecule has 0 aromatic carbocycles. The quantitative estimate of drug-likeness (QED) is 0.491. The van der Waals surface area contributed by atoms with Gasteiger partial charge in [-0.3, -0.25) is 4.57 Å². The van der Waals surface area contributed by atoms with Crippen LogP contribution in [0.25, 0.3) is 0 Å². The summed E-state index contributed by atoms with van der Waals surface area (Å²) in [6.07, 6.45) is 1.42. The Kier molecular flexibility index (Phi) is 8.27. The highest BCUT2D eigenvalue weighted by atomic mass is 31.2. The minimum Gasteiger partial charge on any atom is -0.392 e. The molecule has 0 radical (unpaired) electrons. The van der Waals surface area contributed by atoms with Crippen LogP contribution in [0.3, 0.4) is 0 Å². The highest BCUT2D eigenvalue weighted by molar-refractivity contribution is 7.62. The van der Waals surface area contributed by atoms with E-state index in [0.717, 1.165) is 4.94 Å². The lowest BCUT2D eigenvalue weighted by Gasteiger charge is -2.33. The zero-order valence-electron chi connectivity index (χ0n) is 15.8. The minimum absolute atomic E-state index is 0.115. The summed E-state index contributed by atoms with van der Waals surface area (Å²) in [4.78, 5) is 0.777. The van der Waals surface area contributed by atoms with Gasteiger partial charge in [0.2, 0.25) is 0 Å². The van der Waals surface area contributed by atoms with Gasteiger partial charge >= 0.3 is 7.60 Å². The van der Waals surface area contributed by atoms with Crippen LogP contribution in [0.4, 0.5) is 0 Å². The highest BCUT2D eigenvalue weighted by Crippen LogP contribution is 2.59. The average Bonchev–Trinajstić information content (AvgIpc) is 2.32. The molecule has 0 rings (SSSR count). The molecule has 0 fully saturated rings. The molecule has 4 nitrogen and oxygen atoms in total. The Morgan fingerprint density at radius 2 is 1.59 bits per heavy atom. The molecule has 0 heterocycles. The van der Waals surface area contributed by atoms with E-state index in [1.54, 1.807) is 0 Å². The third-order valence-corrected chi connectivity index (χ3v) is 9.94. The van der Waals surface area contributed by atoms with E-state index in [1.165, 1.54) is 0 Å². The first-order valence-corrected chi connectivity index (χ1v) is 13.1. The Morgan fingerprint density at radius 3 is 1.86 bits per heavy atom. The molecule has 0 spiro atoms. The maximum atomic E-state index is 13.2. The van der Waals surface area contributed by atoms with E-state index < -0.39 is 21.8 Å². The first-order valence-electron chi connectivity index (χ1n) is 8.09. The number of aliphatic hydroxyl groups excluding tert-OH is 1. The monoisotopic (exact) mass is 350 g/mol. The molecule has 0 saturated carbocycles. The molecule has 0 bridgehead atoms. The summed E-state index contributed by atoms with van der Waals surface area (Å²) < 4.78 is 24.3. The minimum atomic E-state index is -3.29. The van der Waals surface area contributed by atoms with Crippen LogP contribution in [-0.2, 0) is 13.6 Å². The van der Waals surface area contributed by atoms with Crippen LogP contribution < -0.4 is 0 Å². The van der Waals surface area contributed by atoms with Gasteiger partial charge in [-0.15, -0.1) is 0 Å². The van der Waals surface area contributed by atoms with Crippen molar-refractivity contribution in [1.82, 2.24) is 0 Å². The lowest BCUT2D eigenvalue weighted by molar-refractivity contribution is 0.0337. The Balaban J connectivity index is 5.83. The first kappa shape index (κ1) is 22.1. The number of rotatable bonds is 8. The van der Waals surface area contributed by atoms with E-state index in [1.807, 2.05) is 47.6 Å². The van der Waals surface area contributed by atoms with E-state index >= 15 is 0 Å². The van der Waals surface area contributed by atoms with Gasteiger partial charge in [-0.25, -0.2) is 0 Å². The molecule has 1 N–H and O–H groups in total. The van der Waals surface area contributed by atoms with Crippen molar-refractivity contribution in [2.45, 2.75) is 67.3 Å². The molecule has 0 aliphatic carbocycles. The van der Waals surface area contributed by atoms with Crippen molar-refractivity contribution >= 4 is 15.7 Å². The topological polar surface area (TPSA) is 55.8 Å². The Bertz CT molecular complexity index is 411. The summed E-state index contributed by atoms with van der Waals surface area (Å²) in [5.41, 5.74) is -0.234. The lowest BCUT2D eigenvalue weighted by Crippen LogP contribution is -2.33. The summed E-state index contributed by atoms with van der Waals surface area (Å²) in [6, 6.07) is 0. The maximum Gasteiger partial charge on any atom is 0.353 e. The zero-order valence-corrected chi connectivity index (χ0v) is 17.7. The third-order valence-electron chi connectivity index (χ3n) is 3.47. The van der Waals surface area contributed by atoms with E-state index in [2.05, 4.69) is 19.6 Å². The Hall–Kier alpha value is 0.0669. The fraction of sp³-hybridized carbons (Fsp3) is 0.875. The van der Waals surface area contributed by atoms with Crippen LogP contribution in [0.15, 0.2) is 11.0 Å². The van der Waals surface area contributed by atoms with Crippen LogP contribution in [0.5, 0.6) is 0 Å². The van der Waals surface area contributed by atoms with Crippen LogP contribution in [0.1, 0.15) is 41.5 Å². The lowest BCUT2D eigenvalue weighted by atomic mass is 9.82. The fourth-order valence-electron chi connectivity index (χ4n) is 2.40. The molecule has 0 aliphatic heterocycles. The SMILES string of the molecule is CCOP(=O)(OCC)/C(=C\[C@@H](C)[C@@H](O)C(C)(C)C)[Si](C)(C)C. The first-order chi connectivity index (χ1) is 9.79. The second-order valence-corrected chi connectivity index (χ2v) is 15.3. The van der Waals surface area contributed by atoms with Crippen molar-refractivity contribution in [1.29, 1.82) is 0 Å². The summed E-state index contributed by atoms with van der Waals surface area (Å²) in [5.74, 6) is -0.115. The Labute approximate surface area is 137 Å². The van der Waals surface area contributed by atoms with Crippen molar-refractivity contribution < 1.29 is 18.7 Å². The van der Waals surface area contributed by atoms with Crippen molar-refractivity contribution in [3.63, 3.8) is 0 Å². The highest BCUT2D eigenvalue weighted by Gasteiger charge is 2.39. The van der Waals surface area contributed by atoms with Crippen LogP contribution >= 0.6 is 7.60 Å². The van der Waals surface area contributed by atoms with Crippen molar-refractivity contribution in [2.24, 2.45) is 11.3 Å². The predicted octanol–water partition coefficient (Wildman–Crippen LogP) is 5.06. The van der Waals surface area contributed by atoms with Gasteiger partial charge in [0.05, 0.1) is 27.4 Å². The molecule has 0 amide bonds. The fourth-order valence-corrected chi connectivity index (χ4v) is 8.28. The van der Waals surface area contributed by atoms with Crippen LogP contribution in [-0.4, -0.2) is 32.5 Å². The van der Waals surface area contributed by atoms with E-state index in [9.17, 15) is 9.67 Å². The van der Waals surface area contributed by atoms with Gasteiger partial charge in [-0.1, -0.05) is 53.4 Å². The third kappa shape index (κ3) is 6.29. The van der Waals surface area contributed by atoms with Gasteiger partial charge < -0.3 is 14.2 Å². The van der Waals surface area contributed by atoms with Gasteiger partial charge in [0.1, 0.15) is 0 Å². The molecule has 0 unspecified atom stereocenters. The average molecular weight is 351 g/mol. The molecule has 0 aromatic heterocycles. The molecule has 2 atom stereocenters. The normalized spacial score (nSPS) is 17.5. The van der Waals surface area contributed by atoms with E-state index in [4.69, 9.17) is 9.05 Å². The van der Waals surface area contributed by atoms with Gasteiger partial charge in [0, 0.05) is 10.9 Å². The van der Waals surface area contributed by atoms with Crippen molar-refractivity contribution in [3.8, 4) is 0 Å². The largest absolute Gasteiger partial charge is 0.392 e. The molecular formula is C16H35O4PSi. The number of aliphatic hydroxyl groups is 1. The molecule has 132 valence electrons. The maximum absolute atomic E-state index is 13.2. The molecule has 0 saturated heterocycles. The second-order valence-electron chi connectivity index (χ2n) is 7.80. The number of hydrogen-bond donors (Lipinski definition) is 1. The van der Waals surface area contributed by atoms with Gasteiger partial charge in [-0.05, 0) is 19.3 Å². The van der Waals surface area contributed by atoms with Crippen LogP contribution in [0.2, 0.25) is 19.6 Å². The molecular weight excluding hydrogens is 315 g/mol. The zero-order chi connectivity index (χ0) is 17.8. The standard InChI is InChI=1S/C16H35O4PSi/c1-10-19-21(18,20-11-2)14(22(7,8)9)12-13(3)15(17)16(4,5)6/h12-13,15,17H,10-11H2,1-9H3/b14-12+/t13-,15-/m1/s1. The predicted molar refractivity (Wildman–Crippen MR) is 96.9 cm³/mol. The number of hydrogen-bond acceptors (Lipinski definition) is 4. The Morgan fingerprint density at radius 1 is 1.18 bits per heavy atom. The molecule has 0 aliphatic rings. The van der Waals surface area contributed by atoms with Crippen molar-refractivity contribution in [3.05, 3.63) is 11.0 Å². The summed E-state index contributed by atoms with van der Waals surface area (Å²) in [5, 5.41) is 10.5. The van der Waals surface area contributed by atoms with E-state index in [-0.39, 0.29) is 11.3 Å². The molecule has 0 aromatic rings. The summed E-state index contributed by atoms with van der Waals surface area (Å²) in [6.45, 7) is 18.7. The molecule has 6 heteroatoms. The second kappa shape index (κ2) is 8.25.